The number of carbonyl (C=O) groups excluding carboxylic acids is 1. The zero-order valence-electron chi connectivity index (χ0n) is 6.46. The minimum absolute atomic E-state index is 0.0117. The molecule has 12 heavy (non-hydrogen) atoms. The van der Waals surface area contributed by atoms with Crippen LogP contribution in [-0.4, -0.2) is 16.8 Å². The van der Waals surface area contributed by atoms with Gasteiger partial charge in [-0.05, 0) is 17.7 Å². The number of aromatic hydroxyl groups is 1. The maximum atomic E-state index is 10.9. The van der Waals surface area contributed by atoms with Crippen molar-refractivity contribution in [1.82, 2.24) is 0 Å². The summed E-state index contributed by atoms with van der Waals surface area (Å²) in [7, 11) is 0. The zero-order valence-corrected chi connectivity index (χ0v) is 7.21. The summed E-state index contributed by atoms with van der Waals surface area (Å²) in [5.74, 6) is 0.236. The Kier molecular flexibility index (Phi) is 3.11. The van der Waals surface area contributed by atoms with E-state index < -0.39 is 0 Å². The minimum atomic E-state index is -0.0117. The fourth-order valence-electron chi connectivity index (χ4n) is 0.889. The van der Waals surface area contributed by atoms with E-state index in [2.05, 4.69) is 0 Å². The van der Waals surface area contributed by atoms with Crippen LogP contribution in [0.5, 0.6) is 5.75 Å². The number of hydrogen-bond acceptors (Lipinski definition) is 2. The van der Waals surface area contributed by atoms with Gasteiger partial charge in [0.2, 0.25) is 0 Å². The van der Waals surface area contributed by atoms with Crippen LogP contribution in [0.2, 0.25) is 0 Å². The third kappa shape index (κ3) is 2.55. The number of rotatable bonds is 3. The van der Waals surface area contributed by atoms with Crippen molar-refractivity contribution in [2.45, 2.75) is 6.42 Å². The highest BCUT2D eigenvalue weighted by Crippen LogP contribution is 2.10. The van der Waals surface area contributed by atoms with Gasteiger partial charge in [-0.3, -0.25) is 4.79 Å². The molecule has 1 N–H and O–H groups in total. The molecule has 0 radical (unpaired) electrons. The number of carbonyl (C=O) groups is 1. The van der Waals surface area contributed by atoms with Crippen molar-refractivity contribution < 1.29 is 9.90 Å². The molecule has 0 aliphatic rings. The van der Waals surface area contributed by atoms with E-state index in [0.29, 0.717) is 6.42 Å². The van der Waals surface area contributed by atoms with Crippen molar-refractivity contribution in [3.05, 3.63) is 29.8 Å². The molecule has 0 heterocycles. The number of phenols is 1. The van der Waals surface area contributed by atoms with Crippen LogP contribution in [0.25, 0.3) is 0 Å². The average molecular weight is 185 g/mol. The Hall–Kier alpha value is -1.02. The van der Waals surface area contributed by atoms with Gasteiger partial charge in [-0.25, -0.2) is 0 Å². The second-order valence-electron chi connectivity index (χ2n) is 2.52. The van der Waals surface area contributed by atoms with Crippen LogP contribution >= 0.6 is 11.6 Å². The summed E-state index contributed by atoms with van der Waals surface area (Å²) in [6.07, 6.45) is 0.337. The quantitative estimate of drug-likeness (QED) is 0.727. The third-order valence-electron chi connectivity index (χ3n) is 1.49. The van der Waals surface area contributed by atoms with E-state index in [-0.39, 0.29) is 17.4 Å². The molecular formula is C9H9ClO2. The Labute approximate surface area is 75.8 Å². The minimum Gasteiger partial charge on any atom is -0.508 e. The molecule has 1 aromatic carbocycles. The number of benzene rings is 1. The van der Waals surface area contributed by atoms with Crippen LogP contribution in [0.15, 0.2) is 24.3 Å². The highest BCUT2D eigenvalue weighted by atomic mass is 35.5. The van der Waals surface area contributed by atoms with Gasteiger partial charge in [-0.1, -0.05) is 12.1 Å². The monoisotopic (exact) mass is 184 g/mol. The molecule has 0 bridgehead atoms. The van der Waals surface area contributed by atoms with Crippen LogP contribution in [0, 0.1) is 0 Å². The number of phenolic OH excluding ortho intramolecular Hbond substituents is 1. The van der Waals surface area contributed by atoms with Crippen LogP contribution in [-0.2, 0) is 11.2 Å². The van der Waals surface area contributed by atoms with Crippen molar-refractivity contribution in [1.29, 1.82) is 0 Å². The lowest BCUT2D eigenvalue weighted by atomic mass is 10.1. The second kappa shape index (κ2) is 4.12. The van der Waals surface area contributed by atoms with Crippen LogP contribution in [0.4, 0.5) is 0 Å². The zero-order chi connectivity index (χ0) is 8.97. The van der Waals surface area contributed by atoms with Gasteiger partial charge in [0.25, 0.3) is 0 Å². The van der Waals surface area contributed by atoms with Crippen LogP contribution < -0.4 is 0 Å². The lowest BCUT2D eigenvalue weighted by molar-refractivity contribution is -0.116. The van der Waals surface area contributed by atoms with E-state index in [1.165, 1.54) is 0 Å². The number of Topliss-reactive ketones (excluding diaryl/α,β-unsaturated/α-hetero) is 1. The number of alkyl halides is 1. The Morgan fingerprint density at radius 2 is 1.92 bits per heavy atom. The molecule has 3 heteroatoms. The smallest absolute Gasteiger partial charge is 0.151 e. The molecule has 64 valence electrons. The summed E-state index contributed by atoms with van der Waals surface area (Å²) in [6.45, 7) is 0. The number of halogens is 1. The average Bonchev–Trinajstić information content (AvgIpc) is 2.09. The van der Waals surface area contributed by atoms with E-state index in [0.717, 1.165) is 5.56 Å². The van der Waals surface area contributed by atoms with Crippen molar-refractivity contribution in [3.8, 4) is 5.75 Å². The topological polar surface area (TPSA) is 37.3 Å². The largest absolute Gasteiger partial charge is 0.508 e. The molecule has 0 fully saturated rings. The van der Waals surface area contributed by atoms with Gasteiger partial charge < -0.3 is 5.11 Å². The predicted molar refractivity (Wildman–Crippen MR) is 47.5 cm³/mol. The van der Waals surface area contributed by atoms with Crippen LogP contribution in [0.3, 0.4) is 0 Å². The number of hydrogen-bond donors (Lipinski definition) is 1. The molecule has 1 rings (SSSR count). The first-order valence-electron chi connectivity index (χ1n) is 3.58. The first kappa shape index (κ1) is 9.07. The SMILES string of the molecule is O=C(CCl)Cc1ccc(O)cc1. The standard InChI is InChI=1S/C9H9ClO2/c10-6-9(12)5-7-1-3-8(11)4-2-7/h1-4,11H,5-6H2. The lowest BCUT2D eigenvalue weighted by Crippen LogP contribution is -2.03. The van der Waals surface area contributed by atoms with E-state index in [4.69, 9.17) is 16.7 Å². The van der Waals surface area contributed by atoms with Gasteiger partial charge in [-0.2, -0.15) is 0 Å². The third-order valence-corrected chi connectivity index (χ3v) is 1.78. The molecule has 1 aromatic rings. The van der Waals surface area contributed by atoms with Crippen molar-refractivity contribution >= 4 is 17.4 Å². The van der Waals surface area contributed by atoms with Gasteiger partial charge in [0, 0.05) is 6.42 Å². The highest BCUT2D eigenvalue weighted by molar-refractivity contribution is 6.27. The van der Waals surface area contributed by atoms with Gasteiger partial charge in [0.05, 0.1) is 5.88 Å². The Morgan fingerprint density at radius 3 is 2.42 bits per heavy atom. The second-order valence-corrected chi connectivity index (χ2v) is 2.78. The summed E-state index contributed by atoms with van der Waals surface area (Å²) >= 11 is 5.33. The summed E-state index contributed by atoms with van der Waals surface area (Å²) < 4.78 is 0. The Balaban J connectivity index is 2.64. The molecule has 0 atom stereocenters. The molecule has 0 saturated carbocycles. The highest BCUT2D eigenvalue weighted by Gasteiger charge is 2.00. The first-order valence-corrected chi connectivity index (χ1v) is 4.11. The van der Waals surface area contributed by atoms with Crippen LogP contribution in [0.1, 0.15) is 5.56 Å². The molecule has 0 unspecified atom stereocenters. The fourth-order valence-corrected chi connectivity index (χ4v) is 0.983. The summed E-state index contributed by atoms with van der Waals surface area (Å²) in [4.78, 5) is 10.9. The maximum absolute atomic E-state index is 10.9. The molecule has 0 saturated heterocycles. The van der Waals surface area contributed by atoms with E-state index in [1.807, 2.05) is 0 Å². The van der Waals surface area contributed by atoms with Gasteiger partial charge in [-0.15, -0.1) is 11.6 Å². The molecule has 2 nitrogen and oxygen atoms in total. The molecule has 0 aromatic heterocycles. The molecular weight excluding hydrogens is 176 g/mol. The molecule has 0 amide bonds. The van der Waals surface area contributed by atoms with Gasteiger partial charge >= 0.3 is 0 Å². The van der Waals surface area contributed by atoms with E-state index >= 15 is 0 Å². The van der Waals surface area contributed by atoms with Gasteiger partial charge in [0.15, 0.2) is 5.78 Å². The summed E-state index contributed by atoms with van der Waals surface area (Å²) in [5, 5.41) is 8.94. The fraction of sp³-hybridized carbons (Fsp3) is 0.222. The maximum Gasteiger partial charge on any atom is 0.151 e. The predicted octanol–water partition coefficient (Wildman–Crippen LogP) is 1.74. The number of ketones is 1. The normalized spacial score (nSPS) is 9.75. The Morgan fingerprint density at radius 1 is 1.33 bits per heavy atom. The van der Waals surface area contributed by atoms with Crippen molar-refractivity contribution in [3.63, 3.8) is 0 Å². The summed E-state index contributed by atoms with van der Waals surface area (Å²) in [6, 6.07) is 6.52. The van der Waals surface area contributed by atoms with Gasteiger partial charge in [0.1, 0.15) is 5.75 Å². The Bertz CT molecular complexity index is 266. The first-order chi connectivity index (χ1) is 5.72. The lowest BCUT2D eigenvalue weighted by Gasteiger charge is -1.97. The van der Waals surface area contributed by atoms with E-state index in [1.54, 1.807) is 24.3 Å². The molecule has 0 aliphatic heterocycles. The molecule has 0 spiro atoms. The summed E-state index contributed by atoms with van der Waals surface area (Å²) in [5.41, 5.74) is 0.874. The van der Waals surface area contributed by atoms with E-state index in [9.17, 15) is 4.79 Å². The van der Waals surface area contributed by atoms with Crippen molar-refractivity contribution in [2.24, 2.45) is 0 Å². The van der Waals surface area contributed by atoms with Crippen molar-refractivity contribution in [2.75, 3.05) is 5.88 Å². The molecule has 0 aliphatic carbocycles.